The molecule has 2 heterocycles. The Hall–Kier alpha value is -2.64. The molecule has 4 rings (SSSR count). The number of nitrogens with zero attached hydrogens (tertiary/aromatic N) is 1. The van der Waals surface area contributed by atoms with Gasteiger partial charge in [-0.3, -0.25) is 14.0 Å². The van der Waals surface area contributed by atoms with Gasteiger partial charge in [0.25, 0.3) is 5.91 Å². The van der Waals surface area contributed by atoms with Gasteiger partial charge < -0.3 is 10.1 Å². The predicted molar refractivity (Wildman–Crippen MR) is 117 cm³/mol. The first kappa shape index (κ1) is 20.6. The Morgan fingerprint density at radius 3 is 2.80 bits per heavy atom. The summed E-state index contributed by atoms with van der Waals surface area (Å²) in [6.07, 6.45) is 1.64. The van der Waals surface area contributed by atoms with Crippen molar-refractivity contribution in [3.63, 3.8) is 0 Å². The fourth-order valence-corrected chi connectivity index (χ4v) is 5.14. The van der Waals surface area contributed by atoms with Crippen LogP contribution in [-0.2, 0) is 21.3 Å². The zero-order valence-electron chi connectivity index (χ0n) is 16.7. The smallest absolute Gasteiger partial charge is 0.256 e. The van der Waals surface area contributed by atoms with Gasteiger partial charge in [-0.05, 0) is 55.7 Å². The third kappa shape index (κ3) is 4.74. The van der Waals surface area contributed by atoms with Crippen LogP contribution in [0.4, 0.5) is 10.1 Å². The van der Waals surface area contributed by atoms with Crippen LogP contribution in [0.5, 0.6) is 0 Å². The van der Waals surface area contributed by atoms with Gasteiger partial charge in [0.1, 0.15) is 5.82 Å². The molecule has 1 aliphatic rings. The van der Waals surface area contributed by atoms with Gasteiger partial charge in [0.15, 0.2) is 0 Å². The number of halogens is 1. The van der Waals surface area contributed by atoms with Gasteiger partial charge in [-0.1, -0.05) is 12.1 Å². The highest BCUT2D eigenvalue weighted by Gasteiger charge is 2.20. The Balaban J connectivity index is 1.52. The lowest BCUT2D eigenvalue weighted by molar-refractivity contribution is 0.0991. The van der Waals surface area contributed by atoms with Crippen molar-refractivity contribution in [2.24, 2.45) is 0 Å². The molecule has 2 aromatic carbocycles. The first-order valence-corrected chi connectivity index (χ1v) is 11.3. The zero-order valence-corrected chi connectivity index (χ0v) is 17.5. The molecule has 156 valence electrons. The molecule has 1 N–H and O–H groups in total. The van der Waals surface area contributed by atoms with E-state index < -0.39 is 16.6 Å². The number of hydrogen-bond acceptors (Lipinski definition) is 4. The normalized spacial score (nSPS) is 15.8. The van der Waals surface area contributed by atoms with E-state index in [0.717, 1.165) is 18.4 Å². The van der Waals surface area contributed by atoms with E-state index in [0.29, 0.717) is 46.8 Å². The number of carbonyl (C=O) groups excluding carboxylic acids is 1. The van der Waals surface area contributed by atoms with Crippen LogP contribution in [-0.4, -0.2) is 33.6 Å². The minimum absolute atomic E-state index is 0.156. The van der Waals surface area contributed by atoms with Crippen molar-refractivity contribution in [2.75, 3.05) is 18.5 Å². The summed E-state index contributed by atoms with van der Waals surface area (Å²) in [6, 6.07) is 13.3. The summed E-state index contributed by atoms with van der Waals surface area (Å²) in [5.41, 5.74) is 3.06. The molecule has 0 spiro atoms. The van der Waals surface area contributed by atoms with Crippen LogP contribution in [0.2, 0.25) is 0 Å². The minimum atomic E-state index is -0.975. The van der Waals surface area contributed by atoms with Crippen LogP contribution in [0.25, 0.3) is 10.9 Å². The van der Waals surface area contributed by atoms with Gasteiger partial charge in [0, 0.05) is 57.9 Å². The van der Waals surface area contributed by atoms with Crippen molar-refractivity contribution in [1.29, 1.82) is 0 Å². The first-order valence-electron chi connectivity index (χ1n) is 9.92. The Bertz CT molecular complexity index is 1110. The lowest BCUT2D eigenvalue weighted by Crippen LogP contribution is -2.25. The van der Waals surface area contributed by atoms with Crippen LogP contribution in [0.15, 0.2) is 48.5 Å². The number of aryl methyl sites for hydroxylation is 1. The molecule has 0 aliphatic carbocycles. The largest absolute Gasteiger partial charge is 0.381 e. The Morgan fingerprint density at radius 1 is 1.20 bits per heavy atom. The van der Waals surface area contributed by atoms with Crippen LogP contribution in [0.1, 0.15) is 34.5 Å². The molecule has 1 amide bonds. The number of amides is 1. The van der Waals surface area contributed by atoms with E-state index in [9.17, 15) is 13.4 Å². The van der Waals surface area contributed by atoms with Gasteiger partial charge in [-0.25, -0.2) is 4.39 Å². The molecular weight excluding hydrogens is 403 g/mol. The van der Waals surface area contributed by atoms with E-state index in [2.05, 4.69) is 10.3 Å². The highest BCUT2D eigenvalue weighted by atomic mass is 32.2. The second-order valence-electron chi connectivity index (χ2n) is 7.46. The number of benzene rings is 2. The average molecular weight is 427 g/mol. The summed E-state index contributed by atoms with van der Waals surface area (Å²) in [5.74, 6) is -0.234. The van der Waals surface area contributed by atoms with Crippen LogP contribution < -0.4 is 5.32 Å². The van der Waals surface area contributed by atoms with Crippen LogP contribution >= 0.6 is 0 Å². The maximum absolute atomic E-state index is 13.6. The Kier molecular flexibility index (Phi) is 6.20. The first-order chi connectivity index (χ1) is 14.5. The predicted octanol–water partition coefficient (Wildman–Crippen LogP) is 4.36. The number of carbonyl (C=O) groups is 1. The number of rotatable bonds is 5. The minimum Gasteiger partial charge on any atom is -0.381 e. The lowest BCUT2D eigenvalue weighted by Gasteiger charge is -2.21. The number of hydrogen-bond donors (Lipinski definition) is 1. The molecule has 7 heteroatoms. The average Bonchev–Trinajstić information content (AvgIpc) is 2.73. The molecule has 1 aromatic heterocycles. The molecule has 1 aliphatic heterocycles. The van der Waals surface area contributed by atoms with E-state index in [1.54, 1.807) is 25.1 Å². The maximum Gasteiger partial charge on any atom is 0.256 e. The number of nitrogens with one attached hydrogen (secondary N) is 1. The van der Waals surface area contributed by atoms with E-state index >= 15 is 0 Å². The molecule has 5 nitrogen and oxygen atoms in total. The molecule has 1 unspecified atom stereocenters. The van der Waals surface area contributed by atoms with Crippen LogP contribution in [0.3, 0.4) is 0 Å². The van der Waals surface area contributed by atoms with Gasteiger partial charge >= 0.3 is 0 Å². The second kappa shape index (κ2) is 9.02. The maximum atomic E-state index is 13.6. The van der Waals surface area contributed by atoms with E-state index in [1.165, 1.54) is 12.1 Å². The molecular formula is C23H23FN2O3S. The third-order valence-corrected chi connectivity index (χ3v) is 7.01. The third-order valence-electron chi connectivity index (χ3n) is 5.18. The van der Waals surface area contributed by atoms with Crippen molar-refractivity contribution in [1.82, 2.24) is 4.98 Å². The highest BCUT2D eigenvalue weighted by molar-refractivity contribution is 7.84. The van der Waals surface area contributed by atoms with Crippen molar-refractivity contribution in [3.8, 4) is 0 Å². The monoisotopic (exact) mass is 426 g/mol. The summed E-state index contributed by atoms with van der Waals surface area (Å²) in [7, 11) is -0.975. The van der Waals surface area contributed by atoms with Gasteiger partial charge in [-0.2, -0.15) is 0 Å². The standard InChI is InChI=1S/C23H23FN2O3S/c1-15-11-21(20-6-5-17(24)13-22(20)25-15)23(27)26-18-4-2-3-16(12-18)14-30(28)19-7-9-29-10-8-19/h2-6,11-13,19H,7-10,14H2,1H3,(H,26,27). The van der Waals surface area contributed by atoms with E-state index in [1.807, 2.05) is 18.2 Å². The summed E-state index contributed by atoms with van der Waals surface area (Å²) in [4.78, 5) is 17.3. The Labute approximate surface area is 177 Å². The Morgan fingerprint density at radius 2 is 2.00 bits per heavy atom. The zero-order chi connectivity index (χ0) is 21.1. The van der Waals surface area contributed by atoms with Gasteiger partial charge in [0.05, 0.1) is 11.1 Å². The van der Waals surface area contributed by atoms with Crippen molar-refractivity contribution in [3.05, 3.63) is 71.2 Å². The summed E-state index contributed by atoms with van der Waals surface area (Å²) < 4.78 is 31.6. The van der Waals surface area contributed by atoms with Crippen LogP contribution in [0, 0.1) is 12.7 Å². The number of anilines is 1. The topological polar surface area (TPSA) is 68.3 Å². The molecule has 0 saturated carbocycles. The van der Waals surface area contributed by atoms with E-state index in [4.69, 9.17) is 4.74 Å². The fraction of sp³-hybridized carbons (Fsp3) is 0.304. The number of pyridine rings is 1. The SMILES string of the molecule is Cc1cc(C(=O)Nc2cccc(CS(=O)C3CCOCC3)c2)c2ccc(F)cc2n1. The van der Waals surface area contributed by atoms with E-state index in [-0.39, 0.29) is 11.2 Å². The molecule has 1 atom stereocenters. The quantitative estimate of drug-likeness (QED) is 0.658. The van der Waals surface area contributed by atoms with Crippen molar-refractivity contribution >= 4 is 33.3 Å². The number of ether oxygens (including phenoxy) is 1. The molecule has 0 bridgehead atoms. The molecule has 3 aromatic rings. The van der Waals surface area contributed by atoms with Gasteiger partial charge in [0.2, 0.25) is 0 Å². The van der Waals surface area contributed by atoms with Crippen molar-refractivity contribution in [2.45, 2.75) is 30.8 Å². The number of aromatic nitrogens is 1. The molecule has 0 radical (unpaired) electrons. The fourth-order valence-electron chi connectivity index (χ4n) is 3.68. The van der Waals surface area contributed by atoms with Crippen molar-refractivity contribution < 1.29 is 18.1 Å². The molecule has 30 heavy (non-hydrogen) atoms. The molecule has 1 fully saturated rings. The lowest BCUT2D eigenvalue weighted by atomic mass is 10.1. The number of fused-ring (bicyclic) bond motifs is 1. The summed E-state index contributed by atoms with van der Waals surface area (Å²) in [6.45, 7) is 3.10. The molecule has 1 saturated heterocycles. The van der Waals surface area contributed by atoms with Gasteiger partial charge in [-0.15, -0.1) is 0 Å². The summed E-state index contributed by atoms with van der Waals surface area (Å²) in [5, 5.41) is 3.66. The second-order valence-corrected chi connectivity index (χ2v) is 9.18. The highest BCUT2D eigenvalue weighted by Crippen LogP contribution is 2.22. The summed E-state index contributed by atoms with van der Waals surface area (Å²) >= 11 is 0.